The fourth-order valence-electron chi connectivity index (χ4n) is 3.27. The Labute approximate surface area is 143 Å². The van der Waals surface area contributed by atoms with Gasteiger partial charge in [-0.2, -0.15) is 0 Å². The topological polar surface area (TPSA) is 98.2 Å². The summed E-state index contributed by atoms with van der Waals surface area (Å²) in [6.45, 7) is 2.36. The van der Waals surface area contributed by atoms with Gasteiger partial charge in [-0.25, -0.2) is 0 Å². The van der Waals surface area contributed by atoms with Crippen LogP contribution in [0.3, 0.4) is 0 Å². The summed E-state index contributed by atoms with van der Waals surface area (Å²) in [6.07, 6.45) is 5.96. The van der Waals surface area contributed by atoms with E-state index in [0.717, 1.165) is 31.2 Å². The van der Waals surface area contributed by atoms with Crippen molar-refractivity contribution in [1.29, 1.82) is 0 Å². The molecule has 0 aliphatic heterocycles. The van der Waals surface area contributed by atoms with Crippen LogP contribution in [-0.2, 0) is 4.79 Å². The summed E-state index contributed by atoms with van der Waals surface area (Å²) in [4.78, 5) is 23.7. The number of benzene rings is 1. The maximum Gasteiger partial charge on any atom is 0.249 e. The number of nitrogens with one attached hydrogen (secondary N) is 1. The van der Waals surface area contributed by atoms with Crippen molar-refractivity contribution in [3.8, 4) is 0 Å². The molecule has 2 rings (SSSR count). The van der Waals surface area contributed by atoms with E-state index >= 15 is 0 Å². The highest BCUT2D eigenvalue weighted by atomic mass is 35.5. The minimum absolute atomic E-state index is 0. The van der Waals surface area contributed by atoms with Crippen LogP contribution in [0, 0.1) is 12.3 Å². The van der Waals surface area contributed by atoms with E-state index in [1.165, 1.54) is 6.42 Å². The molecule has 1 aliphatic rings. The molecule has 1 fully saturated rings. The summed E-state index contributed by atoms with van der Waals surface area (Å²) in [5.41, 5.74) is 13.0. The van der Waals surface area contributed by atoms with E-state index in [4.69, 9.17) is 11.5 Å². The number of hydrogen-bond acceptors (Lipinski definition) is 3. The maximum atomic E-state index is 12.3. The van der Waals surface area contributed by atoms with Gasteiger partial charge in [-0.3, -0.25) is 9.59 Å². The molecular formula is C17H26ClN3O2. The van der Waals surface area contributed by atoms with Gasteiger partial charge in [0.25, 0.3) is 0 Å². The lowest BCUT2D eigenvalue weighted by molar-refractivity contribution is -0.118. The Balaban J connectivity index is 0.00000264. The van der Waals surface area contributed by atoms with Gasteiger partial charge in [0.1, 0.15) is 0 Å². The van der Waals surface area contributed by atoms with Crippen molar-refractivity contribution in [1.82, 2.24) is 0 Å². The Morgan fingerprint density at radius 1 is 1.22 bits per heavy atom. The quantitative estimate of drug-likeness (QED) is 0.769. The molecule has 0 saturated heterocycles. The number of aryl methyl sites for hydroxylation is 1. The zero-order chi connectivity index (χ0) is 16.2. The molecule has 1 aliphatic carbocycles. The lowest BCUT2D eigenvalue weighted by atomic mass is 9.71. The van der Waals surface area contributed by atoms with E-state index < -0.39 is 5.91 Å². The molecule has 0 heterocycles. The van der Waals surface area contributed by atoms with Crippen molar-refractivity contribution >= 4 is 29.9 Å². The normalized spacial score (nSPS) is 16.3. The summed E-state index contributed by atoms with van der Waals surface area (Å²) in [5, 5.41) is 2.87. The van der Waals surface area contributed by atoms with Gasteiger partial charge in [-0.05, 0) is 49.4 Å². The van der Waals surface area contributed by atoms with Gasteiger partial charge in [0, 0.05) is 17.7 Å². The molecule has 23 heavy (non-hydrogen) atoms. The van der Waals surface area contributed by atoms with Crippen LogP contribution in [-0.4, -0.2) is 18.4 Å². The Bertz CT molecular complexity index is 569. The van der Waals surface area contributed by atoms with Crippen LogP contribution in [0.5, 0.6) is 0 Å². The second-order valence-corrected chi connectivity index (χ2v) is 6.38. The van der Waals surface area contributed by atoms with Gasteiger partial charge in [-0.1, -0.05) is 25.3 Å². The third-order valence-electron chi connectivity index (χ3n) is 4.67. The van der Waals surface area contributed by atoms with Crippen molar-refractivity contribution in [2.45, 2.75) is 45.4 Å². The highest BCUT2D eigenvalue weighted by Gasteiger charge is 2.32. The number of nitrogens with two attached hydrogens (primary N) is 2. The standard InChI is InChI=1S/C17H25N3O2.ClH/c1-12-5-6-13(9-14(12)16(19)22)20-15(21)10-17(11-18)7-3-2-4-8-17;/h5-6,9H,2-4,7-8,10-11,18H2,1H3,(H2,19,22)(H,20,21);1H. The van der Waals surface area contributed by atoms with Crippen molar-refractivity contribution in [2.75, 3.05) is 11.9 Å². The predicted molar refractivity (Wildman–Crippen MR) is 94.8 cm³/mol. The molecule has 1 saturated carbocycles. The molecule has 1 aromatic carbocycles. The zero-order valence-electron chi connectivity index (χ0n) is 13.6. The molecule has 2 amide bonds. The van der Waals surface area contributed by atoms with Crippen molar-refractivity contribution < 1.29 is 9.59 Å². The first-order chi connectivity index (χ1) is 10.5. The minimum Gasteiger partial charge on any atom is -0.366 e. The summed E-state index contributed by atoms with van der Waals surface area (Å²) in [6, 6.07) is 5.20. The van der Waals surface area contributed by atoms with Gasteiger partial charge in [-0.15, -0.1) is 12.4 Å². The molecule has 1 aromatic rings. The van der Waals surface area contributed by atoms with E-state index in [1.54, 1.807) is 18.2 Å². The molecule has 0 bridgehead atoms. The second kappa shape index (κ2) is 8.31. The third kappa shape index (κ3) is 4.94. The van der Waals surface area contributed by atoms with Crippen LogP contribution in [0.4, 0.5) is 5.69 Å². The number of carbonyl (C=O) groups is 2. The van der Waals surface area contributed by atoms with E-state index in [0.29, 0.717) is 24.2 Å². The monoisotopic (exact) mass is 339 g/mol. The third-order valence-corrected chi connectivity index (χ3v) is 4.67. The van der Waals surface area contributed by atoms with Gasteiger partial charge in [0.15, 0.2) is 0 Å². The molecule has 5 nitrogen and oxygen atoms in total. The number of halogens is 1. The van der Waals surface area contributed by atoms with Crippen LogP contribution < -0.4 is 16.8 Å². The van der Waals surface area contributed by atoms with Crippen molar-refractivity contribution in [3.05, 3.63) is 29.3 Å². The maximum absolute atomic E-state index is 12.3. The molecule has 0 unspecified atom stereocenters. The number of rotatable bonds is 5. The van der Waals surface area contributed by atoms with Gasteiger partial charge in [0.05, 0.1) is 0 Å². The lowest BCUT2D eigenvalue weighted by Crippen LogP contribution is -2.36. The fraction of sp³-hybridized carbons (Fsp3) is 0.529. The largest absolute Gasteiger partial charge is 0.366 e. The fourth-order valence-corrected chi connectivity index (χ4v) is 3.27. The molecule has 0 aromatic heterocycles. The van der Waals surface area contributed by atoms with Crippen LogP contribution >= 0.6 is 12.4 Å². The number of anilines is 1. The van der Waals surface area contributed by atoms with E-state index in [1.807, 2.05) is 6.92 Å². The predicted octanol–water partition coefficient (Wildman–Crippen LogP) is 2.75. The molecule has 0 radical (unpaired) electrons. The Hall–Kier alpha value is -1.59. The molecule has 128 valence electrons. The summed E-state index contributed by atoms with van der Waals surface area (Å²) in [5.74, 6) is -0.536. The Morgan fingerprint density at radius 2 is 1.87 bits per heavy atom. The number of carbonyl (C=O) groups excluding carboxylic acids is 2. The first kappa shape index (κ1) is 19.5. The van der Waals surface area contributed by atoms with Crippen molar-refractivity contribution in [3.63, 3.8) is 0 Å². The molecular weight excluding hydrogens is 314 g/mol. The molecule has 6 heteroatoms. The SMILES string of the molecule is Cc1ccc(NC(=O)CC2(CN)CCCCC2)cc1C(N)=O.Cl. The van der Waals surface area contributed by atoms with Crippen LogP contribution in [0.25, 0.3) is 0 Å². The smallest absolute Gasteiger partial charge is 0.249 e. The molecule has 5 N–H and O–H groups in total. The molecule has 0 atom stereocenters. The van der Waals surface area contributed by atoms with Gasteiger partial charge < -0.3 is 16.8 Å². The lowest BCUT2D eigenvalue weighted by Gasteiger charge is -2.35. The Kier molecular flexibility index (Phi) is 7.03. The van der Waals surface area contributed by atoms with Crippen molar-refractivity contribution in [2.24, 2.45) is 16.9 Å². The van der Waals surface area contributed by atoms with Crippen LogP contribution in [0.15, 0.2) is 18.2 Å². The highest BCUT2D eigenvalue weighted by molar-refractivity contribution is 5.97. The minimum atomic E-state index is -0.487. The van der Waals surface area contributed by atoms with Crippen LogP contribution in [0.2, 0.25) is 0 Å². The number of primary amides is 1. The summed E-state index contributed by atoms with van der Waals surface area (Å²) >= 11 is 0. The molecule has 0 spiro atoms. The average Bonchev–Trinajstić information content (AvgIpc) is 2.49. The van der Waals surface area contributed by atoms with E-state index in [-0.39, 0.29) is 23.7 Å². The Morgan fingerprint density at radius 3 is 2.43 bits per heavy atom. The van der Waals surface area contributed by atoms with E-state index in [2.05, 4.69) is 5.32 Å². The first-order valence-corrected chi connectivity index (χ1v) is 7.86. The summed E-state index contributed by atoms with van der Waals surface area (Å²) in [7, 11) is 0. The first-order valence-electron chi connectivity index (χ1n) is 7.86. The number of hydrogen-bond donors (Lipinski definition) is 3. The summed E-state index contributed by atoms with van der Waals surface area (Å²) < 4.78 is 0. The highest BCUT2D eigenvalue weighted by Crippen LogP contribution is 2.38. The van der Waals surface area contributed by atoms with E-state index in [9.17, 15) is 9.59 Å². The second-order valence-electron chi connectivity index (χ2n) is 6.38. The zero-order valence-corrected chi connectivity index (χ0v) is 14.4. The van der Waals surface area contributed by atoms with Gasteiger partial charge in [0.2, 0.25) is 11.8 Å². The van der Waals surface area contributed by atoms with Crippen LogP contribution in [0.1, 0.15) is 54.4 Å². The average molecular weight is 340 g/mol. The van der Waals surface area contributed by atoms with Gasteiger partial charge >= 0.3 is 0 Å². The number of amides is 2.